The van der Waals surface area contributed by atoms with Gasteiger partial charge in [-0.1, -0.05) is 0 Å². The number of pyridine rings is 1. The largest absolute Gasteiger partial charge is 0.494 e. The van der Waals surface area contributed by atoms with Gasteiger partial charge in [0.15, 0.2) is 0 Å². The lowest BCUT2D eigenvalue weighted by molar-refractivity contribution is -0.116. The highest BCUT2D eigenvalue weighted by molar-refractivity contribution is 6.34. The number of hydrogen-bond donors (Lipinski definition) is 2. The molecule has 0 unspecified atom stereocenters. The van der Waals surface area contributed by atoms with Gasteiger partial charge < -0.3 is 15.4 Å². The maximum atomic E-state index is 13.0. The third kappa shape index (κ3) is 4.78. The number of ether oxygens (including phenoxy) is 1. The summed E-state index contributed by atoms with van der Waals surface area (Å²) < 4.78 is 5.40. The van der Waals surface area contributed by atoms with Crippen molar-refractivity contribution >= 4 is 35.0 Å². The van der Waals surface area contributed by atoms with Crippen LogP contribution in [0.4, 0.5) is 11.4 Å². The first-order valence-electron chi connectivity index (χ1n) is 10.7. The van der Waals surface area contributed by atoms with Crippen molar-refractivity contribution in [2.45, 2.75) is 13.3 Å². The smallest absolute Gasteiger partial charge is 0.266 e. The fourth-order valence-electron chi connectivity index (χ4n) is 3.53. The second-order valence-corrected chi connectivity index (χ2v) is 7.43. The molecule has 2 N–H and O–H groups in total. The molecule has 0 fully saturated rings. The lowest BCUT2D eigenvalue weighted by Crippen LogP contribution is -2.29. The molecule has 34 heavy (non-hydrogen) atoms. The fourth-order valence-corrected chi connectivity index (χ4v) is 3.53. The Morgan fingerprint density at radius 1 is 1.00 bits per heavy atom. The van der Waals surface area contributed by atoms with Crippen LogP contribution < -0.4 is 20.3 Å². The average Bonchev–Trinajstić information content (AvgIpc) is 3.10. The minimum Gasteiger partial charge on any atom is -0.494 e. The van der Waals surface area contributed by atoms with Crippen LogP contribution in [0.15, 0.2) is 67.0 Å². The van der Waals surface area contributed by atoms with E-state index in [1.807, 2.05) is 6.92 Å². The van der Waals surface area contributed by atoms with E-state index in [-0.39, 0.29) is 35.6 Å². The van der Waals surface area contributed by atoms with Gasteiger partial charge in [0, 0.05) is 24.7 Å². The zero-order valence-electron chi connectivity index (χ0n) is 18.4. The van der Waals surface area contributed by atoms with Gasteiger partial charge in [0.25, 0.3) is 17.7 Å². The number of imide groups is 1. The zero-order valence-corrected chi connectivity index (χ0v) is 18.4. The number of anilines is 2. The Bertz CT molecular complexity index is 1240. The fraction of sp³-hybridized carbons (Fsp3) is 0.160. The second-order valence-electron chi connectivity index (χ2n) is 7.43. The van der Waals surface area contributed by atoms with Crippen LogP contribution in [0.5, 0.6) is 5.75 Å². The molecule has 0 radical (unpaired) electrons. The molecule has 0 saturated heterocycles. The number of benzene rings is 2. The Morgan fingerprint density at radius 2 is 1.76 bits per heavy atom. The summed E-state index contributed by atoms with van der Waals surface area (Å²) in [6.45, 7) is 2.47. The summed E-state index contributed by atoms with van der Waals surface area (Å²) >= 11 is 0. The summed E-state index contributed by atoms with van der Waals surface area (Å²) in [5, 5.41) is 5.34. The Labute approximate surface area is 195 Å². The number of nitrogens with zero attached hydrogens (tertiary/aromatic N) is 2. The molecule has 1 aromatic heterocycles. The molecule has 1 aliphatic rings. The van der Waals surface area contributed by atoms with Crippen LogP contribution in [0.1, 0.15) is 44.4 Å². The number of aromatic nitrogens is 1. The molecule has 2 heterocycles. The first kappa shape index (κ1) is 22.7. The molecule has 0 aliphatic carbocycles. The lowest BCUT2D eigenvalue weighted by Gasteiger charge is -2.14. The van der Waals surface area contributed by atoms with E-state index in [1.54, 1.807) is 42.6 Å². The molecular weight excluding hydrogens is 436 g/mol. The first-order valence-corrected chi connectivity index (χ1v) is 10.7. The summed E-state index contributed by atoms with van der Waals surface area (Å²) in [5.74, 6) is -1.04. The SMILES string of the molecule is CCOc1ccc(N2C(=O)c3ccc(C(=O)NCCC(=O)Nc4cccnc4)cc3C2=O)cc1. The van der Waals surface area contributed by atoms with Gasteiger partial charge in [0.1, 0.15) is 5.75 Å². The van der Waals surface area contributed by atoms with E-state index in [9.17, 15) is 19.2 Å². The minimum absolute atomic E-state index is 0.0640. The first-order chi connectivity index (χ1) is 16.5. The van der Waals surface area contributed by atoms with E-state index < -0.39 is 17.7 Å². The quantitative estimate of drug-likeness (QED) is 0.501. The Kier molecular flexibility index (Phi) is 6.63. The van der Waals surface area contributed by atoms with Gasteiger partial charge in [-0.05, 0) is 61.5 Å². The third-order valence-corrected chi connectivity index (χ3v) is 5.14. The maximum absolute atomic E-state index is 13.0. The molecule has 0 atom stereocenters. The summed E-state index contributed by atoms with van der Waals surface area (Å²) in [5.41, 5.74) is 1.59. The van der Waals surface area contributed by atoms with Gasteiger partial charge in [-0.3, -0.25) is 24.2 Å². The lowest BCUT2D eigenvalue weighted by atomic mass is 10.1. The predicted molar refractivity (Wildman–Crippen MR) is 125 cm³/mol. The molecule has 0 saturated carbocycles. The molecule has 2 aromatic carbocycles. The zero-order chi connectivity index (χ0) is 24.1. The normalized spacial score (nSPS) is 12.3. The van der Waals surface area contributed by atoms with Gasteiger partial charge in [0.2, 0.25) is 5.91 Å². The number of hydrogen-bond acceptors (Lipinski definition) is 6. The van der Waals surface area contributed by atoms with Gasteiger partial charge in [-0.2, -0.15) is 0 Å². The standard InChI is InChI=1S/C25H22N4O5/c1-2-34-19-8-6-18(7-9-19)29-24(32)20-10-5-16(14-21(20)25(29)33)23(31)27-13-11-22(30)28-17-4-3-12-26-15-17/h3-10,12,14-15H,2,11,13H2,1H3,(H,27,31)(H,28,30). The molecule has 172 valence electrons. The number of nitrogens with one attached hydrogen (secondary N) is 2. The van der Waals surface area contributed by atoms with Gasteiger partial charge >= 0.3 is 0 Å². The van der Waals surface area contributed by atoms with Crippen LogP contribution in [-0.2, 0) is 4.79 Å². The maximum Gasteiger partial charge on any atom is 0.266 e. The van der Waals surface area contributed by atoms with Crippen LogP contribution in [0.3, 0.4) is 0 Å². The summed E-state index contributed by atoms with van der Waals surface area (Å²) in [4.78, 5) is 55.3. The molecule has 3 aromatic rings. The molecular formula is C25H22N4O5. The average molecular weight is 458 g/mol. The van der Waals surface area contributed by atoms with Crippen LogP contribution in [0.2, 0.25) is 0 Å². The molecule has 9 heteroatoms. The Hall–Kier alpha value is -4.53. The number of carbonyl (C=O) groups excluding carboxylic acids is 4. The molecule has 0 bridgehead atoms. The van der Waals surface area contributed by atoms with Gasteiger partial charge in [0.05, 0.1) is 35.3 Å². The summed E-state index contributed by atoms with van der Waals surface area (Å²) in [6.07, 6.45) is 3.19. The molecule has 9 nitrogen and oxygen atoms in total. The highest BCUT2D eigenvalue weighted by Gasteiger charge is 2.37. The van der Waals surface area contributed by atoms with E-state index in [0.717, 1.165) is 4.90 Å². The van der Waals surface area contributed by atoms with Gasteiger partial charge in [-0.25, -0.2) is 4.90 Å². The van der Waals surface area contributed by atoms with Crippen molar-refractivity contribution in [3.05, 3.63) is 83.7 Å². The highest BCUT2D eigenvalue weighted by Crippen LogP contribution is 2.30. The number of rotatable bonds is 8. The van der Waals surface area contributed by atoms with E-state index >= 15 is 0 Å². The van der Waals surface area contributed by atoms with Gasteiger partial charge in [-0.15, -0.1) is 0 Å². The van der Waals surface area contributed by atoms with Crippen LogP contribution >= 0.6 is 0 Å². The molecule has 4 amide bonds. The van der Waals surface area contributed by atoms with Crippen molar-refractivity contribution in [2.24, 2.45) is 0 Å². The van der Waals surface area contributed by atoms with Crippen molar-refractivity contribution in [1.29, 1.82) is 0 Å². The highest BCUT2D eigenvalue weighted by atomic mass is 16.5. The number of carbonyl (C=O) groups is 4. The Morgan fingerprint density at radius 3 is 2.47 bits per heavy atom. The summed E-state index contributed by atoms with van der Waals surface area (Å²) in [7, 11) is 0. The van der Waals surface area contributed by atoms with Crippen molar-refractivity contribution in [3.8, 4) is 5.75 Å². The number of fused-ring (bicyclic) bond motifs is 1. The van der Waals surface area contributed by atoms with Crippen molar-refractivity contribution in [2.75, 3.05) is 23.4 Å². The van der Waals surface area contributed by atoms with Crippen LogP contribution in [0, 0.1) is 0 Å². The topological polar surface area (TPSA) is 118 Å². The molecule has 0 spiro atoms. The van der Waals surface area contributed by atoms with Crippen LogP contribution in [0.25, 0.3) is 0 Å². The van der Waals surface area contributed by atoms with Crippen molar-refractivity contribution in [3.63, 3.8) is 0 Å². The van der Waals surface area contributed by atoms with Crippen molar-refractivity contribution < 1.29 is 23.9 Å². The van der Waals surface area contributed by atoms with E-state index in [4.69, 9.17) is 4.74 Å². The molecule has 4 rings (SSSR count). The second kappa shape index (κ2) is 9.95. The Balaban J connectivity index is 1.39. The van der Waals surface area contributed by atoms with E-state index in [2.05, 4.69) is 15.6 Å². The minimum atomic E-state index is -0.505. The summed E-state index contributed by atoms with van der Waals surface area (Å²) in [6, 6.07) is 14.4. The van der Waals surface area contributed by atoms with Crippen LogP contribution in [-0.4, -0.2) is 41.8 Å². The third-order valence-electron chi connectivity index (χ3n) is 5.14. The monoisotopic (exact) mass is 458 g/mol. The predicted octanol–water partition coefficient (Wildman–Crippen LogP) is 3.04. The van der Waals surface area contributed by atoms with E-state index in [0.29, 0.717) is 23.7 Å². The van der Waals surface area contributed by atoms with Crippen molar-refractivity contribution in [1.82, 2.24) is 10.3 Å². The van der Waals surface area contributed by atoms with E-state index in [1.165, 1.54) is 24.4 Å². The number of amides is 4. The molecule has 1 aliphatic heterocycles.